The molecule has 1 aliphatic carbocycles. The Kier molecular flexibility index (Phi) is 4.07. The van der Waals surface area contributed by atoms with E-state index in [2.05, 4.69) is 15.1 Å². The van der Waals surface area contributed by atoms with Crippen LogP contribution in [0.1, 0.15) is 34.9 Å². The number of pyridine rings is 1. The van der Waals surface area contributed by atoms with E-state index in [4.69, 9.17) is 9.26 Å². The Morgan fingerprint density at radius 1 is 1.21 bits per heavy atom. The Hall–Kier alpha value is -2.97. The molecule has 0 N–H and O–H groups in total. The van der Waals surface area contributed by atoms with Crippen LogP contribution in [-0.4, -0.2) is 70.0 Å². The first-order valence-electron chi connectivity index (χ1n) is 9.89. The number of aromatic nitrogens is 3. The van der Waals surface area contributed by atoms with Crippen LogP contribution < -0.4 is 4.74 Å². The number of carbonyl (C=O) groups is 2. The molecule has 2 aromatic rings. The zero-order valence-electron chi connectivity index (χ0n) is 16.5. The van der Waals surface area contributed by atoms with Gasteiger partial charge in [0.15, 0.2) is 5.82 Å². The molecular weight excluding hydrogens is 374 g/mol. The first-order valence-corrected chi connectivity index (χ1v) is 9.89. The Morgan fingerprint density at radius 2 is 1.97 bits per heavy atom. The van der Waals surface area contributed by atoms with Gasteiger partial charge in [0.25, 0.3) is 5.91 Å². The van der Waals surface area contributed by atoms with Gasteiger partial charge in [-0.05, 0) is 25.8 Å². The van der Waals surface area contributed by atoms with E-state index in [9.17, 15) is 9.59 Å². The minimum atomic E-state index is -0.513. The number of hydrogen-bond acceptors (Lipinski definition) is 7. The largest absolute Gasteiger partial charge is 0.481 e. The highest BCUT2D eigenvalue weighted by Crippen LogP contribution is 2.46. The molecule has 1 saturated carbocycles. The summed E-state index contributed by atoms with van der Waals surface area (Å²) in [6.45, 7) is 3.89. The first kappa shape index (κ1) is 18.1. The average Bonchev–Trinajstić information content (AvgIpc) is 3.23. The van der Waals surface area contributed by atoms with E-state index in [0.29, 0.717) is 49.3 Å². The Bertz CT molecular complexity index is 954. The third kappa shape index (κ3) is 2.95. The molecule has 9 heteroatoms. The molecule has 2 atom stereocenters. The minimum absolute atomic E-state index is 0.0696. The fourth-order valence-corrected chi connectivity index (χ4v) is 4.59. The van der Waals surface area contributed by atoms with Crippen molar-refractivity contribution >= 4 is 11.8 Å². The fourth-order valence-electron chi connectivity index (χ4n) is 4.59. The molecule has 2 saturated heterocycles. The number of carbonyl (C=O) groups excluding carboxylic acids is 2. The number of ether oxygens (including phenoxy) is 1. The van der Waals surface area contributed by atoms with Crippen LogP contribution in [0.3, 0.4) is 0 Å². The molecule has 3 fully saturated rings. The number of amides is 2. The number of rotatable bonds is 4. The van der Waals surface area contributed by atoms with Gasteiger partial charge >= 0.3 is 0 Å². The van der Waals surface area contributed by atoms with Crippen LogP contribution in [0.2, 0.25) is 0 Å². The van der Waals surface area contributed by atoms with Crippen LogP contribution in [0.5, 0.6) is 5.88 Å². The molecule has 29 heavy (non-hydrogen) atoms. The van der Waals surface area contributed by atoms with Crippen LogP contribution in [0.15, 0.2) is 22.9 Å². The number of likely N-dealkylation sites (tertiary alicyclic amines) is 2. The number of fused-ring (bicyclic) bond motifs is 1. The number of hydrogen-bond donors (Lipinski definition) is 0. The molecular formula is C20H23N5O4. The van der Waals surface area contributed by atoms with Crippen molar-refractivity contribution in [1.29, 1.82) is 0 Å². The summed E-state index contributed by atoms with van der Waals surface area (Å²) < 4.78 is 10.6. The topological polar surface area (TPSA) is 102 Å². The SMILES string of the molecule is COc1ccc(C(=O)N2C[C@H]3CN(C(=O)C4CC4)C[C@@]3(c3nc(C)no3)C2)cn1. The summed E-state index contributed by atoms with van der Waals surface area (Å²) in [6.07, 6.45) is 3.48. The molecule has 0 spiro atoms. The Morgan fingerprint density at radius 3 is 2.59 bits per heavy atom. The zero-order valence-corrected chi connectivity index (χ0v) is 16.5. The van der Waals surface area contributed by atoms with Crippen molar-refractivity contribution in [3.05, 3.63) is 35.6 Å². The van der Waals surface area contributed by atoms with Crippen LogP contribution in [-0.2, 0) is 10.2 Å². The van der Waals surface area contributed by atoms with Crippen molar-refractivity contribution < 1.29 is 18.8 Å². The maximum Gasteiger partial charge on any atom is 0.255 e. The lowest BCUT2D eigenvalue weighted by Gasteiger charge is -2.26. The average molecular weight is 397 g/mol. The quantitative estimate of drug-likeness (QED) is 0.760. The summed E-state index contributed by atoms with van der Waals surface area (Å²) in [5.74, 6) is 1.90. The van der Waals surface area contributed by atoms with Gasteiger partial charge in [0.05, 0.1) is 18.1 Å². The molecule has 0 radical (unpaired) electrons. The van der Waals surface area contributed by atoms with Gasteiger partial charge < -0.3 is 19.1 Å². The third-order valence-corrected chi connectivity index (χ3v) is 6.28. The molecule has 2 amide bonds. The summed E-state index contributed by atoms with van der Waals surface area (Å²) in [7, 11) is 1.54. The monoisotopic (exact) mass is 397 g/mol. The van der Waals surface area contributed by atoms with Crippen molar-refractivity contribution in [3.8, 4) is 5.88 Å². The molecule has 2 aromatic heterocycles. The summed E-state index contributed by atoms with van der Waals surface area (Å²) in [5.41, 5.74) is -0.00462. The van der Waals surface area contributed by atoms with E-state index in [-0.39, 0.29) is 23.7 Å². The van der Waals surface area contributed by atoms with Crippen molar-refractivity contribution in [2.45, 2.75) is 25.2 Å². The maximum absolute atomic E-state index is 13.1. The lowest BCUT2D eigenvalue weighted by atomic mass is 9.81. The highest BCUT2D eigenvalue weighted by atomic mass is 16.5. The van der Waals surface area contributed by atoms with Crippen LogP contribution in [0.25, 0.3) is 0 Å². The van der Waals surface area contributed by atoms with Gasteiger partial charge in [-0.1, -0.05) is 5.16 Å². The highest BCUT2D eigenvalue weighted by molar-refractivity contribution is 5.94. The number of nitrogens with zero attached hydrogens (tertiary/aromatic N) is 5. The lowest BCUT2D eigenvalue weighted by Crippen LogP contribution is -2.41. The van der Waals surface area contributed by atoms with E-state index in [1.54, 1.807) is 19.1 Å². The second-order valence-electron chi connectivity index (χ2n) is 8.27. The molecule has 0 bridgehead atoms. The van der Waals surface area contributed by atoms with Crippen molar-refractivity contribution in [2.75, 3.05) is 33.3 Å². The predicted octanol–water partition coefficient (Wildman–Crippen LogP) is 1.04. The van der Waals surface area contributed by atoms with E-state index in [0.717, 1.165) is 12.8 Å². The predicted molar refractivity (Wildman–Crippen MR) is 100 cm³/mol. The van der Waals surface area contributed by atoms with Crippen molar-refractivity contribution in [2.24, 2.45) is 11.8 Å². The third-order valence-electron chi connectivity index (χ3n) is 6.28. The first-order chi connectivity index (χ1) is 14.0. The summed E-state index contributed by atoms with van der Waals surface area (Å²) in [6, 6.07) is 3.39. The van der Waals surface area contributed by atoms with Gasteiger partial charge in [-0.15, -0.1) is 0 Å². The lowest BCUT2D eigenvalue weighted by molar-refractivity contribution is -0.131. The number of aryl methyl sites for hydroxylation is 1. The Labute approximate surface area is 168 Å². The minimum Gasteiger partial charge on any atom is -0.481 e. The zero-order chi connectivity index (χ0) is 20.2. The molecule has 0 aromatic carbocycles. The van der Waals surface area contributed by atoms with E-state index in [1.807, 2.05) is 9.80 Å². The van der Waals surface area contributed by atoms with Gasteiger partial charge in [0.2, 0.25) is 17.7 Å². The molecule has 0 unspecified atom stereocenters. The van der Waals surface area contributed by atoms with E-state index < -0.39 is 5.41 Å². The van der Waals surface area contributed by atoms with Gasteiger partial charge in [0, 0.05) is 50.3 Å². The van der Waals surface area contributed by atoms with Gasteiger partial charge in [-0.3, -0.25) is 9.59 Å². The maximum atomic E-state index is 13.1. The standard InChI is InChI=1S/C20H23N5O4/c1-12-22-19(29-23-12)20-10-24(17(26)13-3-4-13)8-15(20)9-25(11-20)18(27)14-5-6-16(28-2)21-7-14/h5-7,13,15H,3-4,8-11H2,1-2H3/t15-,20-/m1/s1. The van der Waals surface area contributed by atoms with Crippen molar-refractivity contribution in [1.82, 2.24) is 24.9 Å². The molecule has 5 rings (SSSR count). The van der Waals surface area contributed by atoms with E-state index in [1.165, 1.54) is 13.3 Å². The molecule has 2 aliphatic heterocycles. The van der Waals surface area contributed by atoms with Crippen LogP contribution in [0.4, 0.5) is 0 Å². The smallest absolute Gasteiger partial charge is 0.255 e. The van der Waals surface area contributed by atoms with Gasteiger partial charge in [0.1, 0.15) is 0 Å². The van der Waals surface area contributed by atoms with E-state index >= 15 is 0 Å². The summed E-state index contributed by atoms with van der Waals surface area (Å²) in [5, 5.41) is 3.96. The molecule has 152 valence electrons. The summed E-state index contributed by atoms with van der Waals surface area (Å²) in [4.78, 5) is 38.1. The normalized spacial score (nSPS) is 25.9. The summed E-state index contributed by atoms with van der Waals surface area (Å²) >= 11 is 0. The molecule has 3 aliphatic rings. The van der Waals surface area contributed by atoms with Gasteiger partial charge in [-0.25, -0.2) is 4.98 Å². The van der Waals surface area contributed by atoms with Crippen LogP contribution >= 0.6 is 0 Å². The number of methoxy groups -OCH3 is 1. The van der Waals surface area contributed by atoms with Crippen molar-refractivity contribution in [3.63, 3.8) is 0 Å². The fraction of sp³-hybridized carbons (Fsp3) is 0.550. The highest BCUT2D eigenvalue weighted by Gasteiger charge is 2.59. The second kappa shape index (κ2) is 6.53. The second-order valence-corrected chi connectivity index (χ2v) is 8.27. The molecule has 4 heterocycles. The Balaban J connectivity index is 1.41. The molecule has 9 nitrogen and oxygen atoms in total. The van der Waals surface area contributed by atoms with Gasteiger partial charge in [-0.2, -0.15) is 4.98 Å². The van der Waals surface area contributed by atoms with Crippen LogP contribution in [0, 0.1) is 18.8 Å².